The second kappa shape index (κ2) is 14.7. The van der Waals surface area contributed by atoms with Gasteiger partial charge in [0.2, 0.25) is 0 Å². The number of rotatable bonds is 14. The first-order valence-electron chi connectivity index (χ1n) is 9.43. The van der Waals surface area contributed by atoms with Gasteiger partial charge in [0, 0.05) is 6.42 Å². The van der Waals surface area contributed by atoms with Crippen molar-refractivity contribution in [3.63, 3.8) is 0 Å². The zero-order valence-electron chi connectivity index (χ0n) is 16.2. The van der Waals surface area contributed by atoms with E-state index in [4.69, 9.17) is 5.11 Å². The van der Waals surface area contributed by atoms with Crippen LogP contribution in [0.15, 0.2) is 48.6 Å². The van der Waals surface area contributed by atoms with Gasteiger partial charge in [-0.05, 0) is 37.5 Å². The van der Waals surface area contributed by atoms with Crippen molar-refractivity contribution in [2.75, 3.05) is 0 Å². The highest BCUT2D eigenvalue weighted by Crippen LogP contribution is 2.28. The number of unbranched alkanes of at least 4 members (excludes halogenated alkanes) is 2. The first-order valence-corrected chi connectivity index (χ1v) is 9.43. The Morgan fingerprint density at radius 3 is 2.28 bits per heavy atom. The molecule has 0 spiro atoms. The number of aliphatic carboxylic acids is 1. The van der Waals surface area contributed by atoms with Crippen molar-refractivity contribution in [3.05, 3.63) is 48.6 Å². The normalized spacial score (nSPS) is 14.4. The van der Waals surface area contributed by atoms with E-state index in [1.807, 2.05) is 24.3 Å². The van der Waals surface area contributed by atoms with Crippen LogP contribution < -0.4 is 0 Å². The lowest BCUT2D eigenvalue weighted by atomic mass is 9.81. The maximum atomic E-state index is 10.3. The molecule has 0 rings (SSSR count). The van der Waals surface area contributed by atoms with Gasteiger partial charge in [-0.1, -0.05) is 82.2 Å². The Hall–Kier alpha value is -1.61. The number of allylic oxidation sites excluding steroid dienone is 7. The van der Waals surface area contributed by atoms with E-state index in [2.05, 4.69) is 45.1 Å². The Balaban J connectivity index is 3.86. The molecule has 0 radical (unpaired) electrons. The first kappa shape index (κ1) is 23.4. The molecule has 1 unspecified atom stereocenters. The van der Waals surface area contributed by atoms with Crippen molar-refractivity contribution >= 4 is 5.97 Å². The lowest BCUT2D eigenvalue weighted by Crippen LogP contribution is -2.27. The highest BCUT2D eigenvalue weighted by Gasteiger charge is 2.24. The van der Waals surface area contributed by atoms with Gasteiger partial charge in [0.15, 0.2) is 0 Å². The molecule has 0 saturated heterocycles. The predicted octanol–water partition coefficient (Wildman–Crippen LogP) is 5.82. The molecule has 1 atom stereocenters. The van der Waals surface area contributed by atoms with Gasteiger partial charge in [0.1, 0.15) is 0 Å². The average Bonchev–Trinajstić information content (AvgIpc) is 2.56. The van der Waals surface area contributed by atoms with Crippen molar-refractivity contribution in [1.82, 2.24) is 0 Å². The van der Waals surface area contributed by atoms with E-state index in [1.165, 1.54) is 0 Å². The summed E-state index contributed by atoms with van der Waals surface area (Å²) in [5, 5.41) is 18.7. The first-order chi connectivity index (χ1) is 11.9. The van der Waals surface area contributed by atoms with E-state index >= 15 is 0 Å². The van der Waals surface area contributed by atoms with Crippen LogP contribution in [0.1, 0.15) is 72.1 Å². The van der Waals surface area contributed by atoms with E-state index in [1.54, 1.807) is 0 Å². The number of hydrogen-bond donors (Lipinski definition) is 2. The zero-order chi connectivity index (χ0) is 19.0. The summed E-state index contributed by atoms with van der Waals surface area (Å²) < 4.78 is 0. The van der Waals surface area contributed by atoms with Crippen LogP contribution in [-0.2, 0) is 4.79 Å². The minimum atomic E-state index is -0.730. The standard InChI is InChI=1S/C22H36O3/c1-4-5-19-22(2,3)20(23)17-15-13-11-9-7-6-8-10-12-14-16-18-21(24)25/h6-7,10-13,15,17,20,23H,4-5,8-9,14,16,18-19H2,1-3H3,(H,24,25)/b7-6-,12-10-,13-11-,17-15+. The van der Waals surface area contributed by atoms with Crippen LogP contribution in [0, 0.1) is 5.41 Å². The summed E-state index contributed by atoms with van der Waals surface area (Å²) in [6.07, 6.45) is 22.6. The molecule has 0 aliphatic heterocycles. The summed E-state index contributed by atoms with van der Waals surface area (Å²) in [7, 11) is 0. The van der Waals surface area contributed by atoms with Crippen LogP contribution in [0.5, 0.6) is 0 Å². The summed E-state index contributed by atoms with van der Waals surface area (Å²) >= 11 is 0. The predicted molar refractivity (Wildman–Crippen MR) is 107 cm³/mol. The van der Waals surface area contributed by atoms with E-state index in [0.29, 0.717) is 6.42 Å². The van der Waals surface area contributed by atoms with Crippen molar-refractivity contribution in [2.24, 2.45) is 5.41 Å². The highest BCUT2D eigenvalue weighted by molar-refractivity contribution is 5.66. The molecule has 3 nitrogen and oxygen atoms in total. The van der Waals surface area contributed by atoms with Gasteiger partial charge in [-0.2, -0.15) is 0 Å². The van der Waals surface area contributed by atoms with Crippen LogP contribution >= 0.6 is 0 Å². The van der Waals surface area contributed by atoms with Gasteiger partial charge < -0.3 is 10.2 Å². The Morgan fingerprint density at radius 1 is 1.00 bits per heavy atom. The minimum Gasteiger partial charge on any atom is -0.481 e. The molecule has 0 heterocycles. The summed E-state index contributed by atoms with van der Waals surface area (Å²) in [5.41, 5.74) is -0.0724. The Morgan fingerprint density at radius 2 is 1.64 bits per heavy atom. The van der Waals surface area contributed by atoms with Crippen LogP contribution in [0.3, 0.4) is 0 Å². The molecule has 0 aromatic rings. The zero-order valence-corrected chi connectivity index (χ0v) is 16.2. The Bertz CT molecular complexity index is 456. The van der Waals surface area contributed by atoms with E-state index in [9.17, 15) is 9.90 Å². The third-order valence-corrected chi connectivity index (χ3v) is 4.16. The smallest absolute Gasteiger partial charge is 0.303 e. The second-order valence-electron chi connectivity index (χ2n) is 7.05. The van der Waals surface area contributed by atoms with Crippen molar-refractivity contribution in [2.45, 2.75) is 78.2 Å². The van der Waals surface area contributed by atoms with E-state index in [0.717, 1.165) is 38.5 Å². The monoisotopic (exact) mass is 348 g/mol. The summed E-state index contributed by atoms with van der Waals surface area (Å²) in [5.74, 6) is -0.730. The highest BCUT2D eigenvalue weighted by atomic mass is 16.4. The molecule has 0 saturated carbocycles. The number of carbonyl (C=O) groups is 1. The summed E-state index contributed by atoms with van der Waals surface area (Å²) in [6, 6.07) is 0. The number of aliphatic hydroxyl groups excluding tert-OH is 1. The molecule has 0 aliphatic carbocycles. The van der Waals surface area contributed by atoms with Gasteiger partial charge in [-0.15, -0.1) is 0 Å². The van der Waals surface area contributed by atoms with Crippen molar-refractivity contribution in [1.29, 1.82) is 0 Å². The van der Waals surface area contributed by atoms with Crippen LogP contribution in [0.2, 0.25) is 0 Å². The maximum absolute atomic E-state index is 10.3. The Labute approximate surface area is 153 Å². The molecular weight excluding hydrogens is 312 g/mol. The molecule has 142 valence electrons. The molecule has 0 aliphatic rings. The third kappa shape index (κ3) is 14.4. The van der Waals surface area contributed by atoms with Gasteiger partial charge in [0.25, 0.3) is 0 Å². The molecule has 2 N–H and O–H groups in total. The molecule has 25 heavy (non-hydrogen) atoms. The number of aliphatic hydroxyl groups is 1. The fourth-order valence-corrected chi connectivity index (χ4v) is 2.30. The largest absolute Gasteiger partial charge is 0.481 e. The molecule has 0 fully saturated rings. The van der Waals surface area contributed by atoms with Gasteiger partial charge in [0.05, 0.1) is 6.10 Å². The van der Waals surface area contributed by atoms with Gasteiger partial charge >= 0.3 is 5.97 Å². The van der Waals surface area contributed by atoms with Crippen molar-refractivity contribution in [3.8, 4) is 0 Å². The summed E-state index contributed by atoms with van der Waals surface area (Å²) in [4.78, 5) is 10.3. The molecule has 3 heteroatoms. The topological polar surface area (TPSA) is 57.5 Å². The van der Waals surface area contributed by atoms with Crippen LogP contribution in [0.25, 0.3) is 0 Å². The van der Waals surface area contributed by atoms with E-state index in [-0.39, 0.29) is 11.8 Å². The average molecular weight is 349 g/mol. The fraction of sp³-hybridized carbons (Fsp3) is 0.591. The third-order valence-electron chi connectivity index (χ3n) is 4.16. The lowest BCUT2D eigenvalue weighted by molar-refractivity contribution is -0.137. The SMILES string of the molecule is CCCCC(C)(C)C(O)/C=C/C=C\C/C=C\C/C=C\CCCC(=O)O. The van der Waals surface area contributed by atoms with Gasteiger partial charge in [-0.3, -0.25) is 4.79 Å². The second-order valence-corrected chi connectivity index (χ2v) is 7.05. The molecule has 0 bridgehead atoms. The van der Waals surface area contributed by atoms with Crippen LogP contribution in [0.4, 0.5) is 0 Å². The molecule has 0 aromatic carbocycles. The Kier molecular flexibility index (Phi) is 13.8. The minimum absolute atomic E-state index is 0.0724. The number of carboxylic acids is 1. The quantitative estimate of drug-likeness (QED) is 0.236. The molecule has 0 amide bonds. The fourth-order valence-electron chi connectivity index (χ4n) is 2.30. The number of carboxylic acid groups (broad SMARTS) is 1. The van der Waals surface area contributed by atoms with Crippen LogP contribution in [-0.4, -0.2) is 22.3 Å². The molecular formula is C22H36O3. The van der Waals surface area contributed by atoms with E-state index < -0.39 is 12.1 Å². The van der Waals surface area contributed by atoms with Crippen molar-refractivity contribution < 1.29 is 15.0 Å². The summed E-state index contributed by atoms with van der Waals surface area (Å²) in [6.45, 7) is 6.39. The molecule has 0 aromatic heterocycles. The maximum Gasteiger partial charge on any atom is 0.303 e. The lowest BCUT2D eigenvalue weighted by Gasteiger charge is -2.28. The van der Waals surface area contributed by atoms with Gasteiger partial charge in [-0.25, -0.2) is 0 Å². The number of hydrogen-bond acceptors (Lipinski definition) is 2.